The minimum absolute atomic E-state index is 0.0292. The summed E-state index contributed by atoms with van der Waals surface area (Å²) in [6.45, 7) is 1.74. The van der Waals surface area contributed by atoms with Crippen LogP contribution in [-0.2, 0) is 22.6 Å². The Balaban J connectivity index is 2.31. The van der Waals surface area contributed by atoms with Crippen molar-refractivity contribution in [2.24, 2.45) is 7.05 Å². The van der Waals surface area contributed by atoms with Crippen molar-refractivity contribution in [1.29, 1.82) is 0 Å². The number of sulfone groups is 1. The van der Waals surface area contributed by atoms with Crippen molar-refractivity contribution in [1.82, 2.24) is 14.7 Å². The van der Waals surface area contributed by atoms with Crippen LogP contribution in [0.1, 0.15) is 11.5 Å². The van der Waals surface area contributed by atoms with Crippen LogP contribution in [0.2, 0.25) is 0 Å². The molecule has 0 aliphatic rings. The van der Waals surface area contributed by atoms with E-state index in [4.69, 9.17) is 4.52 Å². The van der Waals surface area contributed by atoms with E-state index in [1.54, 1.807) is 26.2 Å². The van der Waals surface area contributed by atoms with Crippen LogP contribution in [0.25, 0.3) is 0 Å². The molecular weight excluding hydrogens is 230 g/mol. The zero-order chi connectivity index (χ0) is 11.8. The van der Waals surface area contributed by atoms with Crippen molar-refractivity contribution in [3.05, 3.63) is 29.9 Å². The molecule has 0 bridgehead atoms. The highest BCUT2D eigenvalue weighted by molar-refractivity contribution is 7.90. The molecule has 0 aromatic carbocycles. The maximum Gasteiger partial charge on any atom is 0.227 e. The molecule has 0 N–H and O–H groups in total. The molecule has 16 heavy (non-hydrogen) atoms. The van der Waals surface area contributed by atoms with Gasteiger partial charge < -0.3 is 9.09 Å². The summed E-state index contributed by atoms with van der Waals surface area (Å²) in [4.78, 5) is 3.80. The highest BCUT2D eigenvalue weighted by Gasteiger charge is 2.22. The van der Waals surface area contributed by atoms with E-state index in [2.05, 4.69) is 10.1 Å². The highest BCUT2D eigenvalue weighted by atomic mass is 32.2. The van der Waals surface area contributed by atoms with Crippen molar-refractivity contribution in [3.8, 4) is 0 Å². The molecule has 0 unspecified atom stereocenters. The van der Waals surface area contributed by atoms with Gasteiger partial charge in [0.05, 0.1) is 5.69 Å². The smallest absolute Gasteiger partial charge is 0.227 e. The first-order chi connectivity index (χ1) is 7.49. The molecule has 0 saturated heterocycles. The number of nitrogens with zero attached hydrogens (tertiary/aromatic N) is 3. The Morgan fingerprint density at radius 3 is 2.75 bits per heavy atom. The Kier molecular flexibility index (Phi) is 2.55. The molecule has 0 spiro atoms. The minimum atomic E-state index is -3.47. The Morgan fingerprint density at radius 1 is 1.50 bits per heavy atom. The summed E-state index contributed by atoms with van der Waals surface area (Å²) >= 11 is 0. The van der Waals surface area contributed by atoms with E-state index in [-0.39, 0.29) is 10.9 Å². The quantitative estimate of drug-likeness (QED) is 0.790. The summed E-state index contributed by atoms with van der Waals surface area (Å²) in [6.07, 6.45) is 3.02. The van der Waals surface area contributed by atoms with E-state index in [1.807, 2.05) is 0 Å². The first kappa shape index (κ1) is 10.9. The monoisotopic (exact) mass is 241 g/mol. The fraction of sp³-hybridized carbons (Fsp3) is 0.333. The summed E-state index contributed by atoms with van der Waals surface area (Å²) < 4.78 is 30.2. The molecule has 2 aromatic rings. The Bertz CT molecular complexity index is 597. The van der Waals surface area contributed by atoms with Crippen molar-refractivity contribution >= 4 is 9.84 Å². The topological polar surface area (TPSA) is 78.0 Å². The molecule has 0 aliphatic heterocycles. The molecule has 0 fully saturated rings. The lowest BCUT2D eigenvalue weighted by molar-refractivity contribution is 0.388. The number of imidazole rings is 1. The zero-order valence-corrected chi connectivity index (χ0v) is 9.73. The summed E-state index contributed by atoms with van der Waals surface area (Å²) in [6, 6.07) is 1.60. The van der Waals surface area contributed by atoms with Crippen LogP contribution >= 0.6 is 0 Å². The molecule has 7 heteroatoms. The molecule has 6 nitrogen and oxygen atoms in total. The van der Waals surface area contributed by atoms with Gasteiger partial charge in [-0.05, 0) is 6.92 Å². The number of hydrogen-bond acceptors (Lipinski definition) is 5. The average Bonchev–Trinajstić information content (AvgIpc) is 2.74. The Morgan fingerprint density at radius 2 is 2.25 bits per heavy atom. The first-order valence-electron chi connectivity index (χ1n) is 4.61. The van der Waals surface area contributed by atoms with Crippen LogP contribution in [-0.4, -0.2) is 23.1 Å². The van der Waals surface area contributed by atoms with Crippen LogP contribution in [0.5, 0.6) is 0 Å². The van der Waals surface area contributed by atoms with Gasteiger partial charge in [0.15, 0.2) is 5.76 Å². The number of aromatic nitrogens is 3. The third-order valence-electron chi connectivity index (χ3n) is 2.06. The van der Waals surface area contributed by atoms with Crippen molar-refractivity contribution in [2.75, 3.05) is 0 Å². The van der Waals surface area contributed by atoms with Gasteiger partial charge in [-0.2, -0.15) is 0 Å². The molecule has 0 radical (unpaired) electrons. The van der Waals surface area contributed by atoms with Crippen molar-refractivity contribution < 1.29 is 12.9 Å². The lowest BCUT2D eigenvalue weighted by atomic mass is 10.4. The summed E-state index contributed by atoms with van der Waals surface area (Å²) in [5.74, 6) is 0.0964. The second-order valence-corrected chi connectivity index (χ2v) is 5.40. The maximum absolute atomic E-state index is 11.9. The predicted molar refractivity (Wildman–Crippen MR) is 55.3 cm³/mol. The van der Waals surface area contributed by atoms with E-state index in [1.165, 1.54) is 10.8 Å². The van der Waals surface area contributed by atoms with Gasteiger partial charge in [0, 0.05) is 25.5 Å². The second-order valence-electron chi connectivity index (χ2n) is 3.51. The minimum Gasteiger partial charge on any atom is -0.360 e. The van der Waals surface area contributed by atoms with Gasteiger partial charge in [-0.15, -0.1) is 0 Å². The average molecular weight is 241 g/mol. The molecule has 2 rings (SSSR count). The Labute approximate surface area is 92.8 Å². The highest BCUT2D eigenvalue weighted by Crippen LogP contribution is 2.14. The van der Waals surface area contributed by atoms with E-state index < -0.39 is 9.84 Å². The largest absolute Gasteiger partial charge is 0.360 e. The Hall–Kier alpha value is -1.63. The van der Waals surface area contributed by atoms with Crippen LogP contribution in [0.15, 0.2) is 28.1 Å². The number of aryl methyl sites for hydroxylation is 2. The second kappa shape index (κ2) is 3.75. The third-order valence-corrected chi connectivity index (χ3v) is 3.68. The van der Waals surface area contributed by atoms with Crippen molar-refractivity contribution in [2.45, 2.75) is 17.8 Å². The van der Waals surface area contributed by atoms with Crippen LogP contribution in [0, 0.1) is 6.92 Å². The molecule has 2 aromatic heterocycles. The fourth-order valence-electron chi connectivity index (χ4n) is 1.39. The van der Waals surface area contributed by atoms with Gasteiger partial charge in [-0.1, -0.05) is 5.16 Å². The van der Waals surface area contributed by atoms with Crippen molar-refractivity contribution in [3.63, 3.8) is 0 Å². The molecular formula is C9H11N3O3S. The van der Waals surface area contributed by atoms with Crippen LogP contribution in [0.4, 0.5) is 0 Å². The normalized spacial score (nSPS) is 11.9. The molecule has 0 atom stereocenters. The van der Waals surface area contributed by atoms with Gasteiger partial charge in [0.2, 0.25) is 15.0 Å². The molecule has 86 valence electrons. The van der Waals surface area contributed by atoms with Crippen LogP contribution < -0.4 is 0 Å². The van der Waals surface area contributed by atoms with Gasteiger partial charge in [-0.3, -0.25) is 0 Å². The zero-order valence-electron chi connectivity index (χ0n) is 8.91. The standard InChI is InChI=1S/C9H11N3O3S/c1-7-5-8(15-11-7)6-16(13,14)9-10-3-4-12(9)2/h3-5H,6H2,1-2H3. The predicted octanol–water partition coefficient (Wildman–Crippen LogP) is 0.690. The molecule has 2 heterocycles. The van der Waals surface area contributed by atoms with E-state index in [0.717, 1.165) is 0 Å². The SMILES string of the molecule is Cc1cc(CS(=O)(=O)c2nccn2C)on1. The van der Waals surface area contributed by atoms with Gasteiger partial charge in [0.1, 0.15) is 5.75 Å². The lowest BCUT2D eigenvalue weighted by Crippen LogP contribution is -2.10. The maximum atomic E-state index is 11.9. The number of rotatable bonds is 3. The van der Waals surface area contributed by atoms with E-state index in [0.29, 0.717) is 11.5 Å². The molecule has 0 aliphatic carbocycles. The van der Waals surface area contributed by atoms with E-state index in [9.17, 15) is 8.42 Å². The molecule has 0 saturated carbocycles. The van der Waals surface area contributed by atoms with Gasteiger partial charge in [-0.25, -0.2) is 13.4 Å². The number of hydrogen-bond donors (Lipinski definition) is 0. The van der Waals surface area contributed by atoms with Crippen LogP contribution in [0.3, 0.4) is 0 Å². The van der Waals surface area contributed by atoms with Gasteiger partial charge in [0.25, 0.3) is 0 Å². The summed E-state index contributed by atoms with van der Waals surface area (Å²) in [7, 11) is -1.84. The summed E-state index contributed by atoms with van der Waals surface area (Å²) in [5.41, 5.74) is 0.657. The fourth-order valence-corrected chi connectivity index (χ4v) is 2.75. The first-order valence-corrected chi connectivity index (χ1v) is 6.26. The van der Waals surface area contributed by atoms with E-state index >= 15 is 0 Å². The lowest BCUT2D eigenvalue weighted by Gasteiger charge is -2.00. The molecule has 0 amide bonds. The summed E-state index contributed by atoms with van der Waals surface area (Å²) in [5, 5.41) is 3.67. The third kappa shape index (κ3) is 1.99. The van der Waals surface area contributed by atoms with Gasteiger partial charge >= 0.3 is 0 Å².